The Morgan fingerprint density at radius 3 is 2.89 bits per heavy atom. The van der Waals surface area contributed by atoms with Crippen molar-refractivity contribution < 1.29 is 19.4 Å². The van der Waals surface area contributed by atoms with E-state index in [1.165, 1.54) is 37.9 Å². The van der Waals surface area contributed by atoms with E-state index in [0.29, 0.717) is 32.8 Å². The van der Waals surface area contributed by atoms with Crippen LogP contribution in [0.3, 0.4) is 0 Å². The highest BCUT2D eigenvalue weighted by atomic mass is 16.5. The van der Waals surface area contributed by atoms with E-state index in [1.807, 2.05) is 12.1 Å². The zero-order chi connectivity index (χ0) is 19.4. The van der Waals surface area contributed by atoms with Crippen LogP contribution < -0.4 is 4.74 Å². The van der Waals surface area contributed by atoms with Crippen molar-refractivity contribution in [1.82, 2.24) is 9.80 Å². The highest BCUT2D eigenvalue weighted by Crippen LogP contribution is 2.42. The second-order valence-corrected chi connectivity index (χ2v) is 8.55. The number of carboxylic acids is 1. The Hall–Kier alpha value is -1.63. The van der Waals surface area contributed by atoms with Crippen molar-refractivity contribution in [2.24, 2.45) is 11.3 Å². The van der Waals surface area contributed by atoms with Gasteiger partial charge < -0.3 is 14.6 Å². The number of rotatable bonds is 7. The molecule has 6 heteroatoms. The van der Waals surface area contributed by atoms with Crippen molar-refractivity contribution in [2.45, 2.75) is 32.2 Å². The van der Waals surface area contributed by atoms with E-state index in [2.05, 4.69) is 21.9 Å². The number of nitrogens with zero attached hydrogens (tertiary/aromatic N) is 2. The number of carboxylic acid groups (broad SMARTS) is 1. The maximum atomic E-state index is 12.0. The Balaban J connectivity index is 1.31. The topological polar surface area (TPSA) is 62.2 Å². The van der Waals surface area contributed by atoms with Crippen molar-refractivity contribution in [3.63, 3.8) is 0 Å². The van der Waals surface area contributed by atoms with Gasteiger partial charge in [0.1, 0.15) is 12.4 Å². The average Bonchev–Trinajstić information content (AvgIpc) is 3.08. The summed E-state index contributed by atoms with van der Waals surface area (Å²) in [6.45, 7) is 7.34. The fourth-order valence-corrected chi connectivity index (χ4v) is 4.99. The van der Waals surface area contributed by atoms with Crippen LogP contribution >= 0.6 is 0 Å². The van der Waals surface area contributed by atoms with Gasteiger partial charge in [-0.1, -0.05) is 18.6 Å². The summed E-state index contributed by atoms with van der Waals surface area (Å²) in [6.07, 6.45) is 4.57. The van der Waals surface area contributed by atoms with Crippen LogP contribution in [-0.2, 0) is 16.1 Å². The minimum absolute atomic E-state index is 0.0859. The third kappa shape index (κ3) is 4.34. The standard InChI is InChI=1S/C22H32N2O4/c25-21(26)22-7-11-27-16-19(22)15-24(17-22)14-18-5-4-6-20(13-18)28-12-10-23-8-2-1-3-9-23/h4-6,13,19H,1-3,7-12,14-17H2,(H,25,26)/t19-,22+/m1/s1. The summed E-state index contributed by atoms with van der Waals surface area (Å²) in [4.78, 5) is 16.7. The van der Waals surface area contributed by atoms with Crippen molar-refractivity contribution in [3.8, 4) is 5.75 Å². The fraction of sp³-hybridized carbons (Fsp3) is 0.682. The molecule has 0 saturated carbocycles. The van der Waals surface area contributed by atoms with E-state index in [9.17, 15) is 9.90 Å². The lowest BCUT2D eigenvalue weighted by Gasteiger charge is -2.34. The molecule has 3 fully saturated rings. The monoisotopic (exact) mass is 388 g/mol. The second kappa shape index (κ2) is 8.80. The number of ether oxygens (including phenoxy) is 2. The van der Waals surface area contributed by atoms with Crippen LogP contribution in [0.5, 0.6) is 5.75 Å². The van der Waals surface area contributed by atoms with E-state index in [1.54, 1.807) is 0 Å². The largest absolute Gasteiger partial charge is 0.492 e. The van der Waals surface area contributed by atoms with Crippen LogP contribution in [0.15, 0.2) is 24.3 Å². The molecule has 0 aliphatic carbocycles. The Bertz CT molecular complexity index is 676. The molecule has 0 spiro atoms. The van der Waals surface area contributed by atoms with Crippen LogP contribution in [0, 0.1) is 11.3 Å². The third-order valence-corrected chi connectivity index (χ3v) is 6.63. The van der Waals surface area contributed by atoms with Gasteiger partial charge in [-0.2, -0.15) is 0 Å². The first-order valence-electron chi connectivity index (χ1n) is 10.6. The van der Waals surface area contributed by atoms with Gasteiger partial charge in [0.25, 0.3) is 0 Å². The number of piperidine rings is 1. The molecule has 1 aromatic carbocycles. The number of fused-ring (bicyclic) bond motifs is 1. The summed E-state index contributed by atoms with van der Waals surface area (Å²) >= 11 is 0. The highest BCUT2D eigenvalue weighted by Gasteiger charge is 2.53. The Kier molecular flexibility index (Phi) is 6.19. The zero-order valence-electron chi connectivity index (χ0n) is 16.6. The van der Waals surface area contributed by atoms with Gasteiger partial charge >= 0.3 is 5.97 Å². The first-order valence-corrected chi connectivity index (χ1v) is 10.6. The quantitative estimate of drug-likeness (QED) is 0.774. The highest BCUT2D eigenvalue weighted by molar-refractivity contribution is 5.76. The van der Waals surface area contributed by atoms with Gasteiger partial charge in [0.15, 0.2) is 0 Å². The maximum absolute atomic E-state index is 12.0. The summed E-state index contributed by atoms with van der Waals surface area (Å²) in [6, 6.07) is 8.24. The van der Waals surface area contributed by atoms with Crippen LogP contribution in [-0.4, -0.2) is 73.4 Å². The molecule has 28 heavy (non-hydrogen) atoms. The SMILES string of the molecule is O=C(O)[C@]12CCOC[C@H]1CN(Cc1cccc(OCCN3CCCCC3)c1)C2. The maximum Gasteiger partial charge on any atom is 0.311 e. The number of benzene rings is 1. The molecule has 3 aliphatic heterocycles. The molecule has 0 bridgehead atoms. The number of aliphatic carboxylic acids is 1. The van der Waals surface area contributed by atoms with E-state index in [-0.39, 0.29) is 5.92 Å². The van der Waals surface area contributed by atoms with Crippen LogP contribution in [0.2, 0.25) is 0 Å². The lowest BCUT2D eigenvalue weighted by Crippen LogP contribution is -2.44. The molecule has 0 unspecified atom stereocenters. The zero-order valence-corrected chi connectivity index (χ0v) is 16.6. The molecule has 3 heterocycles. The normalized spacial score (nSPS) is 28.8. The first-order chi connectivity index (χ1) is 13.7. The summed E-state index contributed by atoms with van der Waals surface area (Å²) in [5.74, 6) is 0.322. The summed E-state index contributed by atoms with van der Waals surface area (Å²) < 4.78 is 11.5. The smallest absolute Gasteiger partial charge is 0.311 e. The molecule has 2 atom stereocenters. The molecule has 3 aliphatic rings. The fourth-order valence-electron chi connectivity index (χ4n) is 4.99. The average molecular weight is 389 g/mol. The van der Waals surface area contributed by atoms with Gasteiger partial charge in [0.2, 0.25) is 0 Å². The molecule has 6 nitrogen and oxygen atoms in total. The van der Waals surface area contributed by atoms with Crippen LogP contribution in [0.1, 0.15) is 31.2 Å². The van der Waals surface area contributed by atoms with Crippen LogP contribution in [0.25, 0.3) is 0 Å². The van der Waals surface area contributed by atoms with Gasteiger partial charge in [-0.25, -0.2) is 0 Å². The third-order valence-electron chi connectivity index (χ3n) is 6.63. The van der Waals surface area contributed by atoms with Crippen molar-refractivity contribution in [3.05, 3.63) is 29.8 Å². The number of carbonyl (C=O) groups is 1. The predicted molar refractivity (Wildman–Crippen MR) is 106 cm³/mol. The second-order valence-electron chi connectivity index (χ2n) is 8.55. The van der Waals surface area contributed by atoms with Gasteiger partial charge in [0.05, 0.1) is 12.0 Å². The minimum atomic E-state index is -0.668. The molecule has 3 saturated heterocycles. The number of hydrogen-bond donors (Lipinski definition) is 1. The number of likely N-dealkylation sites (tertiary alicyclic amines) is 2. The predicted octanol–water partition coefficient (Wildman–Crippen LogP) is 2.47. The van der Waals surface area contributed by atoms with E-state index < -0.39 is 11.4 Å². The summed E-state index contributed by atoms with van der Waals surface area (Å²) in [5, 5.41) is 9.83. The lowest BCUT2D eigenvalue weighted by atomic mass is 9.74. The van der Waals surface area contributed by atoms with Crippen molar-refractivity contribution in [1.29, 1.82) is 0 Å². The van der Waals surface area contributed by atoms with Gasteiger partial charge in [-0.15, -0.1) is 0 Å². The lowest BCUT2D eigenvalue weighted by molar-refractivity contribution is -0.157. The molecule has 0 amide bonds. The van der Waals surface area contributed by atoms with Gasteiger partial charge in [-0.05, 0) is 50.0 Å². The molecule has 1 N–H and O–H groups in total. The Morgan fingerprint density at radius 2 is 2.11 bits per heavy atom. The first kappa shape index (κ1) is 19.7. The van der Waals surface area contributed by atoms with Crippen LogP contribution in [0.4, 0.5) is 0 Å². The summed E-state index contributed by atoms with van der Waals surface area (Å²) in [7, 11) is 0. The van der Waals surface area contributed by atoms with Crippen molar-refractivity contribution >= 4 is 5.97 Å². The molecule has 0 radical (unpaired) electrons. The molecular formula is C22H32N2O4. The van der Waals surface area contributed by atoms with E-state index >= 15 is 0 Å². The molecular weight excluding hydrogens is 356 g/mol. The summed E-state index contributed by atoms with van der Waals surface area (Å²) in [5.41, 5.74) is 0.538. The molecule has 154 valence electrons. The van der Waals surface area contributed by atoms with E-state index in [0.717, 1.165) is 25.4 Å². The van der Waals surface area contributed by atoms with Gasteiger partial charge in [-0.3, -0.25) is 14.6 Å². The van der Waals surface area contributed by atoms with Crippen molar-refractivity contribution in [2.75, 3.05) is 52.5 Å². The minimum Gasteiger partial charge on any atom is -0.492 e. The van der Waals surface area contributed by atoms with E-state index in [4.69, 9.17) is 9.47 Å². The van der Waals surface area contributed by atoms with Gasteiger partial charge in [0, 0.05) is 38.7 Å². The molecule has 4 rings (SSSR count). The molecule has 1 aromatic rings. The Morgan fingerprint density at radius 1 is 1.25 bits per heavy atom. The number of hydrogen-bond acceptors (Lipinski definition) is 5. The molecule has 0 aromatic heterocycles. The Labute approximate surface area is 167 Å².